The highest BCUT2D eigenvalue weighted by Crippen LogP contribution is 2.27. The second kappa shape index (κ2) is 9.44. The number of anilines is 1. The molecule has 2 aromatic carbocycles. The van der Waals surface area contributed by atoms with Crippen LogP contribution >= 0.6 is 11.6 Å². The first kappa shape index (κ1) is 23.7. The van der Waals surface area contributed by atoms with Crippen molar-refractivity contribution < 1.29 is 14.3 Å². The topological polar surface area (TPSA) is 129 Å². The Bertz CT molecular complexity index is 1480. The van der Waals surface area contributed by atoms with Crippen LogP contribution in [0.1, 0.15) is 50.3 Å². The van der Waals surface area contributed by atoms with Gasteiger partial charge in [0.05, 0.1) is 29.2 Å². The van der Waals surface area contributed by atoms with E-state index in [1.165, 1.54) is 9.36 Å². The molecule has 0 fully saturated rings. The number of ketones is 1. The molecule has 0 aliphatic heterocycles. The van der Waals surface area contributed by atoms with E-state index in [1.54, 1.807) is 38.1 Å². The van der Waals surface area contributed by atoms with E-state index in [0.29, 0.717) is 22.1 Å². The second-order valence-corrected chi connectivity index (χ2v) is 8.15. The maximum absolute atomic E-state index is 13.8. The maximum Gasteiger partial charge on any atom is 0.359 e. The molecule has 10 heteroatoms. The molecule has 0 aliphatic carbocycles. The number of nitrogen functional groups attached to an aromatic ring is 1. The molecule has 0 unspecified atom stereocenters. The van der Waals surface area contributed by atoms with Gasteiger partial charge in [-0.1, -0.05) is 29.3 Å². The minimum Gasteiger partial charge on any atom is -0.461 e. The summed E-state index contributed by atoms with van der Waals surface area (Å²) in [7, 11) is 0. The fourth-order valence-electron chi connectivity index (χ4n) is 3.65. The molecule has 0 bridgehead atoms. The van der Waals surface area contributed by atoms with Gasteiger partial charge in [0.1, 0.15) is 17.5 Å². The number of esters is 1. The normalized spacial score (nSPS) is 10.7. The van der Waals surface area contributed by atoms with Crippen molar-refractivity contribution in [2.75, 3.05) is 12.3 Å². The summed E-state index contributed by atoms with van der Waals surface area (Å²) in [4.78, 5) is 26.5. The molecule has 0 saturated carbocycles. The number of nitrogens with zero attached hydrogens (tertiary/aromatic N) is 5. The summed E-state index contributed by atoms with van der Waals surface area (Å²) in [5.74, 6) is -1.44. The monoisotopic (exact) mass is 488 g/mol. The Balaban J connectivity index is 1.90. The molecule has 2 heterocycles. The molecule has 4 rings (SSSR count). The predicted molar refractivity (Wildman–Crippen MR) is 130 cm³/mol. The summed E-state index contributed by atoms with van der Waals surface area (Å²) in [5, 5.41) is 19.0. The molecule has 0 saturated heterocycles. The lowest BCUT2D eigenvalue weighted by Crippen LogP contribution is -2.14. The molecule has 4 aromatic rings. The Kier molecular flexibility index (Phi) is 6.40. The largest absolute Gasteiger partial charge is 0.461 e. The van der Waals surface area contributed by atoms with E-state index in [2.05, 4.69) is 10.2 Å². The highest BCUT2D eigenvalue weighted by atomic mass is 35.5. The van der Waals surface area contributed by atoms with Crippen molar-refractivity contribution in [3.05, 3.63) is 87.3 Å². The Labute approximate surface area is 206 Å². The quantitative estimate of drug-likeness (QED) is 0.318. The molecule has 0 radical (unpaired) electrons. The minimum atomic E-state index is -0.756. The van der Waals surface area contributed by atoms with Crippen LogP contribution in [0.2, 0.25) is 5.02 Å². The van der Waals surface area contributed by atoms with E-state index < -0.39 is 11.8 Å². The van der Waals surface area contributed by atoms with Gasteiger partial charge in [0.2, 0.25) is 5.78 Å². The van der Waals surface area contributed by atoms with Crippen LogP contribution in [-0.2, 0) is 4.74 Å². The lowest BCUT2D eigenvalue weighted by Gasteiger charge is -2.05. The van der Waals surface area contributed by atoms with Crippen LogP contribution in [-0.4, -0.2) is 37.9 Å². The zero-order chi connectivity index (χ0) is 25.3. The number of benzene rings is 2. The lowest BCUT2D eigenvalue weighted by molar-refractivity contribution is 0.0516. The summed E-state index contributed by atoms with van der Waals surface area (Å²) in [6.07, 6.45) is 0. The van der Waals surface area contributed by atoms with Crippen molar-refractivity contribution in [2.24, 2.45) is 0 Å². The number of hydrogen-bond donors (Lipinski definition) is 1. The SMILES string of the molecule is CCOC(=O)c1nn(-c2ccc(C)cc2)c(C)c1C(=O)c1nn(-c2ccc(Cl)cc2)c(N)c1C#N. The molecule has 2 N–H and O–H groups in total. The third kappa shape index (κ3) is 4.27. The van der Waals surface area contributed by atoms with Gasteiger partial charge in [-0.2, -0.15) is 15.5 Å². The van der Waals surface area contributed by atoms with Crippen LogP contribution in [0.4, 0.5) is 5.82 Å². The standard InChI is InChI=1S/C25H21ClN6O3/c1-4-35-25(34)22-20(15(3)31(30-22)17-9-5-14(2)6-10-17)23(33)21-19(13-27)24(28)32(29-21)18-11-7-16(26)8-12-18/h5-12H,4,28H2,1-3H3. The van der Waals surface area contributed by atoms with Gasteiger partial charge >= 0.3 is 5.97 Å². The van der Waals surface area contributed by atoms with E-state index in [9.17, 15) is 14.9 Å². The molecule has 0 spiro atoms. The number of carbonyl (C=O) groups is 2. The first-order chi connectivity index (χ1) is 16.8. The van der Waals surface area contributed by atoms with Crippen LogP contribution in [0, 0.1) is 25.2 Å². The predicted octanol–water partition coefficient (Wildman–Crippen LogP) is 4.19. The number of carbonyl (C=O) groups excluding carboxylic acids is 2. The van der Waals surface area contributed by atoms with Crippen molar-refractivity contribution in [3.63, 3.8) is 0 Å². The van der Waals surface area contributed by atoms with Gasteiger partial charge in [0.25, 0.3) is 0 Å². The number of ether oxygens (including phenoxy) is 1. The van der Waals surface area contributed by atoms with E-state index >= 15 is 0 Å². The fraction of sp³-hybridized carbons (Fsp3) is 0.160. The number of rotatable bonds is 6. The van der Waals surface area contributed by atoms with Crippen molar-refractivity contribution in [3.8, 4) is 17.4 Å². The van der Waals surface area contributed by atoms with E-state index in [-0.39, 0.29) is 34.9 Å². The summed E-state index contributed by atoms with van der Waals surface area (Å²) < 4.78 is 7.92. The molecule has 0 atom stereocenters. The third-order valence-electron chi connectivity index (χ3n) is 5.41. The summed E-state index contributed by atoms with van der Waals surface area (Å²) >= 11 is 5.96. The number of nitriles is 1. The molecule has 9 nitrogen and oxygen atoms in total. The molecule has 176 valence electrons. The fourth-order valence-corrected chi connectivity index (χ4v) is 3.78. The zero-order valence-corrected chi connectivity index (χ0v) is 20.0. The Morgan fingerprint density at radius 3 is 2.17 bits per heavy atom. The molecule has 0 aliphatic rings. The maximum atomic E-state index is 13.8. The second-order valence-electron chi connectivity index (χ2n) is 7.71. The lowest BCUT2D eigenvalue weighted by atomic mass is 10.0. The summed E-state index contributed by atoms with van der Waals surface area (Å²) in [6, 6.07) is 16.0. The zero-order valence-electron chi connectivity index (χ0n) is 19.2. The molecule has 0 amide bonds. The van der Waals surface area contributed by atoms with Crippen molar-refractivity contribution in [2.45, 2.75) is 20.8 Å². The average Bonchev–Trinajstić information content (AvgIpc) is 3.37. The van der Waals surface area contributed by atoms with Gasteiger partial charge in [-0.15, -0.1) is 0 Å². The van der Waals surface area contributed by atoms with E-state index in [4.69, 9.17) is 22.1 Å². The minimum absolute atomic E-state index is 0.0127. The van der Waals surface area contributed by atoms with Crippen molar-refractivity contribution in [1.82, 2.24) is 19.6 Å². The van der Waals surface area contributed by atoms with E-state index in [1.807, 2.05) is 37.3 Å². The number of halogens is 1. The van der Waals surface area contributed by atoms with Gasteiger partial charge in [-0.25, -0.2) is 14.2 Å². The van der Waals surface area contributed by atoms with Crippen LogP contribution in [0.15, 0.2) is 48.5 Å². The molecular formula is C25H21ClN6O3. The third-order valence-corrected chi connectivity index (χ3v) is 5.66. The van der Waals surface area contributed by atoms with Crippen LogP contribution < -0.4 is 5.73 Å². The van der Waals surface area contributed by atoms with Crippen LogP contribution in [0.25, 0.3) is 11.4 Å². The summed E-state index contributed by atoms with van der Waals surface area (Å²) in [6.45, 7) is 5.37. The van der Waals surface area contributed by atoms with Gasteiger partial charge < -0.3 is 10.5 Å². The number of aromatic nitrogens is 4. The van der Waals surface area contributed by atoms with Gasteiger partial charge in [-0.3, -0.25) is 4.79 Å². The van der Waals surface area contributed by atoms with Crippen molar-refractivity contribution >= 4 is 29.2 Å². The smallest absolute Gasteiger partial charge is 0.359 e. The highest BCUT2D eigenvalue weighted by molar-refractivity contribution is 6.30. The molecule has 35 heavy (non-hydrogen) atoms. The first-order valence-electron chi connectivity index (χ1n) is 10.7. The number of aryl methyl sites for hydroxylation is 1. The van der Waals surface area contributed by atoms with E-state index in [0.717, 1.165) is 5.56 Å². The average molecular weight is 489 g/mol. The number of hydrogen-bond acceptors (Lipinski definition) is 7. The molecule has 2 aromatic heterocycles. The Morgan fingerprint density at radius 1 is 1.00 bits per heavy atom. The summed E-state index contributed by atoms with van der Waals surface area (Å²) in [5.41, 5.74) is 8.30. The van der Waals surface area contributed by atoms with Crippen LogP contribution in [0.5, 0.6) is 0 Å². The number of nitrogens with two attached hydrogens (primary N) is 1. The van der Waals surface area contributed by atoms with Gasteiger partial charge in [0, 0.05) is 5.02 Å². The van der Waals surface area contributed by atoms with Gasteiger partial charge in [-0.05, 0) is 57.2 Å². The highest BCUT2D eigenvalue weighted by Gasteiger charge is 2.32. The molecular weight excluding hydrogens is 468 g/mol. The Hall–Kier alpha value is -4.42. The first-order valence-corrected chi connectivity index (χ1v) is 11.1. The van der Waals surface area contributed by atoms with Gasteiger partial charge in [0.15, 0.2) is 11.4 Å². The van der Waals surface area contributed by atoms with Crippen molar-refractivity contribution in [1.29, 1.82) is 5.26 Å². The van der Waals surface area contributed by atoms with Crippen LogP contribution in [0.3, 0.4) is 0 Å². The Morgan fingerprint density at radius 2 is 1.57 bits per heavy atom.